The molecule has 4 rings (SSSR count). The van der Waals surface area contributed by atoms with Gasteiger partial charge in [-0.2, -0.15) is 0 Å². The smallest absolute Gasteiger partial charge is 0.408 e. The zero-order valence-corrected chi connectivity index (χ0v) is 19.5. The van der Waals surface area contributed by atoms with Crippen LogP contribution in [0, 0.1) is 0 Å². The summed E-state index contributed by atoms with van der Waals surface area (Å²) in [7, 11) is -0.234. The molecule has 1 N–H and O–H groups in total. The van der Waals surface area contributed by atoms with Crippen LogP contribution in [0.5, 0.6) is 0 Å². The van der Waals surface area contributed by atoms with E-state index >= 15 is 0 Å². The molecule has 33 heavy (non-hydrogen) atoms. The monoisotopic (exact) mass is 472 g/mol. The second-order valence-electron chi connectivity index (χ2n) is 8.37. The molecule has 2 amide bonds. The molecule has 174 valence electrons. The Balaban J connectivity index is 1.64. The molecule has 3 aromatic rings. The first-order chi connectivity index (χ1) is 15.5. The normalized spacial score (nSPS) is 15.0. The molecule has 1 aliphatic rings. The maximum Gasteiger partial charge on any atom is 0.419 e. The molecule has 2 aromatic carbocycles. The van der Waals surface area contributed by atoms with Gasteiger partial charge in [-0.15, -0.1) is 0 Å². The average molecular weight is 473 g/mol. The number of anilines is 1. The number of sulfonamides is 1. The molecule has 10 nitrogen and oxygen atoms in total. The fourth-order valence-corrected chi connectivity index (χ4v) is 5.55. The zero-order chi connectivity index (χ0) is 24.1. The van der Waals surface area contributed by atoms with Gasteiger partial charge in [-0.05, 0) is 64.3 Å². The zero-order valence-electron chi connectivity index (χ0n) is 18.7. The van der Waals surface area contributed by atoms with E-state index in [-0.39, 0.29) is 16.0 Å². The minimum atomic E-state index is -4.02. The van der Waals surface area contributed by atoms with Gasteiger partial charge in [0, 0.05) is 30.4 Å². The van der Waals surface area contributed by atoms with Crippen LogP contribution in [0.3, 0.4) is 0 Å². The van der Waals surface area contributed by atoms with Crippen molar-refractivity contribution in [2.24, 2.45) is 0 Å². The van der Waals surface area contributed by atoms with Crippen molar-refractivity contribution < 1.29 is 22.4 Å². The SMILES string of the molecule is CC(C)N1C(=O)c2ccc(C(=O)Nc3ccc4oc(=O)n(CCN(C)C)c4c3)cc2S1(=O)=O. The maximum atomic E-state index is 12.9. The molecule has 0 bridgehead atoms. The standard InChI is InChI=1S/C22H24N4O6S/c1-13(2)26-21(28)16-7-5-14(11-19(16)33(26,30)31)20(27)23-15-6-8-18-17(12-15)25(22(29)32-18)10-9-24(3)4/h5-8,11-13H,9-10H2,1-4H3,(H,23,27). The van der Waals surface area contributed by atoms with Crippen LogP contribution < -0.4 is 11.1 Å². The van der Waals surface area contributed by atoms with Gasteiger partial charge in [0.1, 0.15) is 4.90 Å². The van der Waals surface area contributed by atoms with Crippen molar-refractivity contribution in [2.75, 3.05) is 26.0 Å². The molecular formula is C22H24N4O6S. The lowest BCUT2D eigenvalue weighted by atomic mass is 10.1. The fraction of sp³-hybridized carbons (Fsp3) is 0.318. The Morgan fingerprint density at radius 3 is 2.52 bits per heavy atom. The quantitative estimate of drug-likeness (QED) is 0.582. The number of fused-ring (bicyclic) bond motifs is 2. The van der Waals surface area contributed by atoms with Gasteiger partial charge in [-0.3, -0.25) is 14.2 Å². The van der Waals surface area contributed by atoms with Gasteiger partial charge in [0.15, 0.2) is 5.58 Å². The van der Waals surface area contributed by atoms with E-state index in [1.54, 1.807) is 32.0 Å². The molecule has 11 heteroatoms. The van der Waals surface area contributed by atoms with E-state index < -0.39 is 33.6 Å². The lowest BCUT2D eigenvalue weighted by molar-refractivity contribution is 0.0846. The first-order valence-electron chi connectivity index (χ1n) is 10.3. The van der Waals surface area contributed by atoms with Gasteiger partial charge in [-0.1, -0.05) is 0 Å². The number of oxazole rings is 1. The van der Waals surface area contributed by atoms with Crippen molar-refractivity contribution in [2.45, 2.75) is 31.3 Å². The van der Waals surface area contributed by atoms with E-state index in [1.807, 2.05) is 19.0 Å². The summed E-state index contributed by atoms with van der Waals surface area (Å²) in [5.74, 6) is -1.64. The summed E-state index contributed by atoms with van der Waals surface area (Å²) in [6.07, 6.45) is 0. The number of hydrogen-bond donors (Lipinski definition) is 1. The third-order valence-electron chi connectivity index (χ3n) is 5.38. The van der Waals surface area contributed by atoms with E-state index in [9.17, 15) is 22.8 Å². The highest BCUT2D eigenvalue weighted by Gasteiger charge is 2.42. The van der Waals surface area contributed by atoms with Crippen LogP contribution in [-0.2, 0) is 16.6 Å². The molecule has 0 radical (unpaired) electrons. The third kappa shape index (κ3) is 3.93. The van der Waals surface area contributed by atoms with Crippen LogP contribution in [0.2, 0.25) is 0 Å². The predicted octanol–water partition coefficient (Wildman–Crippen LogP) is 1.96. The Hall–Kier alpha value is -3.44. The van der Waals surface area contributed by atoms with Gasteiger partial charge in [-0.25, -0.2) is 17.5 Å². The van der Waals surface area contributed by atoms with Gasteiger partial charge in [0.2, 0.25) is 0 Å². The first kappa shape index (κ1) is 22.7. The molecular weight excluding hydrogens is 448 g/mol. The average Bonchev–Trinajstić information content (AvgIpc) is 3.15. The minimum Gasteiger partial charge on any atom is -0.408 e. The maximum absolute atomic E-state index is 12.9. The van der Waals surface area contributed by atoms with E-state index in [0.717, 1.165) is 4.31 Å². The van der Waals surface area contributed by atoms with Crippen LogP contribution in [0.25, 0.3) is 11.1 Å². The van der Waals surface area contributed by atoms with E-state index in [0.29, 0.717) is 29.9 Å². The number of benzene rings is 2. The van der Waals surface area contributed by atoms with Gasteiger partial charge < -0.3 is 14.6 Å². The molecule has 0 atom stereocenters. The fourth-order valence-electron chi connectivity index (χ4n) is 3.75. The number of nitrogens with zero attached hydrogens (tertiary/aromatic N) is 3. The van der Waals surface area contributed by atoms with Crippen molar-refractivity contribution in [1.82, 2.24) is 13.8 Å². The van der Waals surface area contributed by atoms with Gasteiger partial charge in [0.25, 0.3) is 21.8 Å². The Labute approximate surface area is 190 Å². The second kappa shape index (κ2) is 8.16. The predicted molar refractivity (Wildman–Crippen MR) is 122 cm³/mol. The molecule has 0 spiro atoms. The lowest BCUT2D eigenvalue weighted by Crippen LogP contribution is -2.36. The number of carbonyl (C=O) groups excluding carboxylic acids is 2. The number of likely N-dealkylation sites (N-methyl/N-ethyl adjacent to an activating group) is 1. The van der Waals surface area contributed by atoms with Crippen LogP contribution in [-0.4, -0.2) is 60.7 Å². The van der Waals surface area contributed by atoms with E-state index in [1.165, 1.54) is 22.8 Å². The number of amides is 2. The Morgan fingerprint density at radius 1 is 1.12 bits per heavy atom. The molecule has 0 unspecified atom stereocenters. The number of aromatic nitrogens is 1. The minimum absolute atomic E-state index is 0.0463. The Morgan fingerprint density at radius 2 is 1.85 bits per heavy atom. The topological polar surface area (TPSA) is 122 Å². The molecule has 2 heterocycles. The second-order valence-corrected chi connectivity index (χ2v) is 10.2. The summed E-state index contributed by atoms with van der Waals surface area (Å²) >= 11 is 0. The number of rotatable bonds is 6. The largest absolute Gasteiger partial charge is 0.419 e. The summed E-state index contributed by atoms with van der Waals surface area (Å²) in [4.78, 5) is 39.3. The molecule has 0 saturated heterocycles. The number of nitrogens with one attached hydrogen (secondary N) is 1. The molecule has 1 aliphatic heterocycles. The van der Waals surface area contributed by atoms with Crippen molar-refractivity contribution in [3.05, 3.63) is 58.1 Å². The van der Waals surface area contributed by atoms with Crippen LogP contribution in [0.15, 0.2) is 50.5 Å². The van der Waals surface area contributed by atoms with Gasteiger partial charge >= 0.3 is 5.76 Å². The Kier molecular flexibility index (Phi) is 5.62. The highest BCUT2D eigenvalue weighted by molar-refractivity contribution is 7.90. The summed E-state index contributed by atoms with van der Waals surface area (Å²) in [5.41, 5.74) is 1.48. The van der Waals surface area contributed by atoms with Crippen molar-refractivity contribution in [3.8, 4) is 0 Å². The highest BCUT2D eigenvalue weighted by Crippen LogP contribution is 2.32. The molecule has 0 fully saturated rings. The van der Waals surface area contributed by atoms with Crippen LogP contribution in [0.1, 0.15) is 34.6 Å². The van der Waals surface area contributed by atoms with E-state index in [2.05, 4.69) is 5.32 Å². The van der Waals surface area contributed by atoms with Crippen LogP contribution >= 0.6 is 0 Å². The molecule has 1 aromatic heterocycles. The van der Waals surface area contributed by atoms with Gasteiger partial charge in [0.05, 0.1) is 11.1 Å². The first-order valence-corrected chi connectivity index (χ1v) is 11.8. The van der Waals surface area contributed by atoms with Crippen LogP contribution in [0.4, 0.5) is 5.69 Å². The van der Waals surface area contributed by atoms with E-state index in [4.69, 9.17) is 4.42 Å². The van der Waals surface area contributed by atoms with Crippen molar-refractivity contribution in [3.63, 3.8) is 0 Å². The highest BCUT2D eigenvalue weighted by atomic mass is 32.2. The lowest BCUT2D eigenvalue weighted by Gasteiger charge is -2.18. The summed E-state index contributed by atoms with van der Waals surface area (Å²) in [6.45, 7) is 4.26. The number of carbonyl (C=O) groups is 2. The van der Waals surface area contributed by atoms with Crippen molar-refractivity contribution >= 4 is 38.6 Å². The summed E-state index contributed by atoms with van der Waals surface area (Å²) < 4.78 is 33.1. The molecule has 0 saturated carbocycles. The summed E-state index contributed by atoms with van der Waals surface area (Å²) in [5, 5.41) is 2.72. The number of hydrogen-bond acceptors (Lipinski definition) is 7. The van der Waals surface area contributed by atoms with Crippen molar-refractivity contribution in [1.29, 1.82) is 0 Å². The Bertz CT molecular complexity index is 1430. The summed E-state index contributed by atoms with van der Waals surface area (Å²) in [6, 6.07) is 8.24. The molecule has 0 aliphatic carbocycles. The third-order valence-corrected chi connectivity index (χ3v) is 7.38.